The Hall–Kier alpha value is -0.440. The standard InChI is InChI=1S/C10H9Br2NO/c1-6(2)7-3-8(11)10(13-5-14)9(12)4-7/h3-4,6H,1-2H3. The van der Waals surface area contributed by atoms with Gasteiger partial charge in [0.25, 0.3) is 0 Å². The first kappa shape index (κ1) is 11.6. The van der Waals surface area contributed by atoms with Crippen LogP contribution in [0, 0.1) is 0 Å². The van der Waals surface area contributed by atoms with Gasteiger partial charge in [0.1, 0.15) is 5.69 Å². The molecule has 0 N–H and O–H groups in total. The number of isocyanates is 1. The summed E-state index contributed by atoms with van der Waals surface area (Å²) in [5.41, 5.74) is 1.78. The van der Waals surface area contributed by atoms with Gasteiger partial charge in [0, 0.05) is 8.95 Å². The van der Waals surface area contributed by atoms with Crippen molar-refractivity contribution >= 4 is 43.6 Å². The number of rotatable bonds is 2. The van der Waals surface area contributed by atoms with Crippen molar-refractivity contribution in [3.8, 4) is 0 Å². The van der Waals surface area contributed by atoms with E-state index in [1.165, 1.54) is 11.6 Å². The predicted octanol–water partition coefficient (Wildman–Crippen LogP) is 4.30. The van der Waals surface area contributed by atoms with Gasteiger partial charge < -0.3 is 0 Å². The Balaban J connectivity index is 3.31. The van der Waals surface area contributed by atoms with Crippen LogP contribution in [0.15, 0.2) is 26.1 Å². The van der Waals surface area contributed by atoms with Crippen LogP contribution >= 0.6 is 31.9 Å². The van der Waals surface area contributed by atoms with Gasteiger partial charge in [-0.2, -0.15) is 4.99 Å². The zero-order chi connectivity index (χ0) is 10.7. The van der Waals surface area contributed by atoms with Crippen molar-refractivity contribution in [2.75, 3.05) is 0 Å². The minimum atomic E-state index is 0.442. The predicted molar refractivity (Wildman–Crippen MR) is 63.7 cm³/mol. The second-order valence-corrected chi connectivity index (χ2v) is 4.90. The first-order chi connectivity index (χ1) is 6.56. The molecule has 1 aromatic rings. The van der Waals surface area contributed by atoms with Crippen LogP contribution in [0.4, 0.5) is 5.69 Å². The van der Waals surface area contributed by atoms with Crippen molar-refractivity contribution in [2.45, 2.75) is 19.8 Å². The van der Waals surface area contributed by atoms with E-state index < -0.39 is 0 Å². The molecule has 0 atom stereocenters. The largest absolute Gasteiger partial charge is 0.240 e. The van der Waals surface area contributed by atoms with E-state index in [1.807, 2.05) is 12.1 Å². The quantitative estimate of drug-likeness (QED) is 0.590. The van der Waals surface area contributed by atoms with Crippen molar-refractivity contribution in [3.05, 3.63) is 26.6 Å². The molecule has 74 valence electrons. The molecule has 0 unspecified atom stereocenters. The van der Waals surface area contributed by atoms with E-state index >= 15 is 0 Å². The lowest BCUT2D eigenvalue weighted by atomic mass is 10.0. The molecule has 0 radical (unpaired) electrons. The zero-order valence-electron chi connectivity index (χ0n) is 7.84. The molecule has 0 aliphatic rings. The van der Waals surface area contributed by atoms with Crippen LogP contribution in [0.2, 0.25) is 0 Å². The highest BCUT2D eigenvalue weighted by Gasteiger charge is 2.08. The summed E-state index contributed by atoms with van der Waals surface area (Å²) in [6, 6.07) is 3.93. The Morgan fingerprint density at radius 2 is 1.79 bits per heavy atom. The minimum Gasteiger partial charge on any atom is -0.211 e. The van der Waals surface area contributed by atoms with E-state index in [2.05, 4.69) is 50.7 Å². The lowest BCUT2D eigenvalue weighted by molar-refractivity contribution is 0.565. The summed E-state index contributed by atoms with van der Waals surface area (Å²) in [6.07, 6.45) is 1.53. The fraction of sp³-hybridized carbons (Fsp3) is 0.300. The number of halogens is 2. The number of carbonyl (C=O) groups excluding carboxylic acids is 1. The topological polar surface area (TPSA) is 29.4 Å². The maximum Gasteiger partial charge on any atom is 0.240 e. The van der Waals surface area contributed by atoms with Crippen molar-refractivity contribution in [1.29, 1.82) is 0 Å². The third kappa shape index (κ3) is 2.53. The SMILES string of the molecule is CC(C)c1cc(Br)c(N=C=O)c(Br)c1. The van der Waals surface area contributed by atoms with Gasteiger partial charge in [-0.25, -0.2) is 4.79 Å². The fourth-order valence-corrected chi connectivity index (χ4v) is 2.47. The Kier molecular flexibility index (Phi) is 4.05. The first-order valence-electron chi connectivity index (χ1n) is 4.13. The maximum absolute atomic E-state index is 10.2. The number of hydrogen-bond acceptors (Lipinski definition) is 2. The monoisotopic (exact) mass is 317 g/mol. The smallest absolute Gasteiger partial charge is 0.211 e. The molecule has 14 heavy (non-hydrogen) atoms. The van der Waals surface area contributed by atoms with Crippen molar-refractivity contribution in [3.63, 3.8) is 0 Å². The third-order valence-corrected chi connectivity index (χ3v) is 3.07. The Labute approximate surface area is 99.7 Å². The molecular formula is C10H9Br2NO. The van der Waals surface area contributed by atoms with Crippen LogP contribution < -0.4 is 0 Å². The van der Waals surface area contributed by atoms with E-state index in [0.717, 1.165) is 8.95 Å². The first-order valence-corrected chi connectivity index (χ1v) is 5.71. The van der Waals surface area contributed by atoms with E-state index in [0.29, 0.717) is 11.6 Å². The number of aliphatic imine (C=N–C) groups is 1. The summed E-state index contributed by atoms with van der Waals surface area (Å²) in [7, 11) is 0. The molecule has 0 aliphatic heterocycles. The van der Waals surface area contributed by atoms with Gasteiger partial charge in [0.15, 0.2) is 0 Å². The molecule has 0 saturated carbocycles. The lowest BCUT2D eigenvalue weighted by Crippen LogP contribution is -1.87. The number of benzene rings is 1. The molecule has 0 amide bonds. The van der Waals surface area contributed by atoms with Crippen LogP contribution in [0.3, 0.4) is 0 Å². The summed E-state index contributed by atoms with van der Waals surface area (Å²) in [6.45, 7) is 4.22. The van der Waals surface area contributed by atoms with Crippen LogP contribution in [0.25, 0.3) is 0 Å². The van der Waals surface area contributed by atoms with Gasteiger partial charge in [-0.05, 0) is 55.5 Å². The van der Waals surface area contributed by atoms with Gasteiger partial charge in [-0.15, -0.1) is 0 Å². The van der Waals surface area contributed by atoms with Gasteiger partial charge >= 0.3 is 0 Å². The van der Waals surface area contributed by atoms with E-state index in [9.17, 15) is 4.79 Å². The second-order valence-electron chi connectivity index (χ2n) is 3.19. The summed E-state index contributed by atoms with van der Waals surface area (Å²) in [5, 5.41) is 0. The van der Waals surface area contributed by atoms with Crippen molar-refractivity contribution in [2.24, 2.45) is 4.99 Å². The fourth-order valence-electron chi connectivity index (χ4n) is 1.07. The van der Waals surface area contributed by atoms with Gasteiger partial charge in [-0.1, -0.05) is 13.8 Å². The van der Waals surface area contributed by atoms with Gasteiger partial charge in [-0.3, -0.25) is 0 Å². The van der Waals surface area contributed by atoms with Crippen LogP contribution in [-0.4, -0.2) is 6.08 Å². The van der Waals surface area contributed by atoms with E-state index in [1.54, 1.807) is 0 Å². The van der Waals surface area contributed by atoms with Crippen molar-refractivity contribution < 1.29 is 4.79 Å². The summed E-state index contributed by atoms with van der Waals surface area (Å²) < 4.78 is 1.61. The third-order valence-electron chi connectivity index (χ3n) is 1.86. The molecule has 0 heterocycles. The molecule has 0 saturated heterocycles. The highest BCUT2D eigenvalue weighted by atomic mass is 79.9. The molecule has 2 nitrogen and oxygen atoms in total. The van der Waals surface area contributed by atoms with Crippen LogP contribution in [0.1, 0.15) is 25.3 Å². The van der Waals surface area contributed by atoms with Crippen LogP contribution in [0.5, 0.6) is 0 Å². The lowest BCUT2D eigenvalue weighted by Gasteiger charge is -2.08. The Morgan fingerprint density at radius 3 is 2.14 bits per heavy atom. The highest BCUT2D eigenvalue weighted by molar-refractivity contribution is 9.11. The molecule has 0 spiro atoms. The molecule has 1 aromatic carbocycles. The molecular weight excluding hydrogens is 310 g/mol. The zero-order valence-corrected chi connectivity index (χ0v) is 11.0. The summed E-state index contributed by atoms with van der Waals surface area (Å²) in [4.78, 5) is 13.8. The maximum atomic E-state index is 10.2. The molecule has 0 aromatic heterocycles. The molecule has 0 aliphatic carbocycles. The Bertz CT molecular complexity index is 372. The minimum absolute atomic E-state index is 0.442. The molecule has 4 heteroatoms. The average molecular weight is 319 g/mol. The normalized spacial score (nSPS) is 10.1. The van der Waals surface area contributed by atoms with Gasteiger partial charge in [0.2, 0.25) is 6.08 Å². The molecule has 0 bridgehead atoms. The number of hydrogen-bond donors (Lipinski definition) is 0. The second kappa shape index (κ2) is 4.87. The molecule has 1 rings (SSSR count). The van der Waals surface area contributed by atoms with Crippen LogP contribution in [-0.2, 0) is 4.79 Å². The number of nitrogens with zero attached hydrogens (tertiary/aromatic N) is 1. The van der Waals surface area contributed by atoms with Gasteiger partial charge in [0.05, 0.1) is 0 Å². The average Bonchev–Trinajstić information content (AvgIpc) is 2.10. The van der Waals surface area contributed by atoms with Crippen molar-refractivity contribution in [1.82, 2.24) is 0 Å². The van der Waals surface area contributed by atoms with E-state index in [4.69, 9.17) is 0 Å². The van der Waals surface area contributed by atoms with E-state index in [-0.39, 0.29) is 0 Å². The highest BCUT2D eigenvalue weighted by Crippen LogP contribution is 2.36. The summed E-state index contributed by atoms with van der Waals surface area (Å²) in [5.74, 6) is 0.442. The summed E-state index contributed by atoms with van der Waals surface area (Å²) >= 11 is 6.73. The molecule has 0 fully saturated rings. The Morgan fingerprint density at radius 1 is 1.29 bits per heavy atom.